The van der Waals surface area contributed by atoms with Gasteiger partial charge in [0.15, 0.2) is 5.82 Å². The molecule has 108 valence electrons. The number of nitrogens with zero attached hydrogens (tertiary/aromatic N) is 3. The van der Waals surface area contributed by atoms with Crippen LogP contribution in [-0.4, -0.2) is 29.7 Å². The molecule has 0 unspecified atom stereocenters. The number of aromatic nitrogens is 2. The van der Waals surface area contributed by atoms with E-state index < -0.39 is 0 Å². The van der Waals surface area contributed by atoms with Crippen molar-refractivity contribution in [1.29, 1.82) is 0 Å². The van der Waals surface area contributed by atoms with Gasteiger partial charge in [0.2, 0.25) is 5.91 Å². The minimum absolute atomic E-state index is 0.214. The van der Waals surface area contributed by atoms with E-state index in [1.807, 2.05) is 23.1 Å². The molecular weight excluding hydrogens is 288 g/mol. The monoisotopic (exact) mass is 302 g/mol. The highest BCUT2D eigenvalue weighted by atomic mass is 32.2. The van der Waals surface area contributed by atoms with Gasteiger partial charge in [0, 0.05) is 24.4 Å². The number of primary amides is 1. The standard InChI is InChI=1S/C14H14N4O2S/c1-20-8-18-10-6-9(7-12(15)19)2-3-11(10)21-14-13(18)16-4-5-17-14/h2-6H,7-8H2,1H3,(H2,15,19). The molecule has 1 aliphatic heterocycles. The topological polar surface area (TPSA) is 81.3 Å². The lowest BCUT2D eigenvalue weighted by Gasteiger charge is -2.30. The summed E-state index contributed by atoms with van der Waals surface area (Å²) < 4.78 is 5.27. The van der Waals surface area contributed by atoms with Gasteiger partial charge in [0.1, 0.15) is 11.8 Å². The first-order valence-corrected chi connectivity index (χ1v) is 7.17. The first-order chi connectivity index (χ1) is 10.2. The maximum absolute atomic E-state index is 11.1. The predicted octanol–water partition coefficient (Wildman–Crippen LogP) is 1.71. The molecule has 3 rings (SSSR count). The van der Waals surface area contributed by atoms with Crippen LogP contribution in [0.3, 0.4) is 0 Å². The molecule has 1 aromatic heterocycles. The molecule has 1 aliphatic rings. The van der Waals surface area contributed by atoms with Gasteiger partial charge in [-0.1, -0.05) is 17.8 Å². The van der Waals surface area contributed by atoms with Gasteiger partial charge >= 0.3 is 0 Å². The third kappa shape index (κ3) is 2.70. The number of carbonyl (C=O) groups excluding carboxylic acids is 1. The van der Waals surface area contributed by atoms with Crippen LogP contribution >= 0.6 is 11.8 Å². The van der Waals surface area contributed by atoms with Crippen molar-refractivity contribution in [2.24, 2.45) is 5.73 Å². The van der Waals surface area contributed by atoms with Crippen LogP contribution in [0.4, 0.5) is 11.5 Å². The summed E-state index contributed by atoms with van der Waals surface area (Å²) in [6.45, 7) is 0.360. The normalized spacial score (nSPS) is 12.7. The van der Waals surface area contributed by atoms with Crippen LogP contribution in [0.5, 0.6) is 0 Å². The Morgan fingerprint density at radius 2 is 2.19 bits per heavy atom. The molecule has 1 amide bonds. The largest absolute Gasteiger partial charge is 0.369 e. The lowest BCUT2D eigenvalue weighted by Crippen LogP contribution is -2.25. The molecule has 21 heavy (non-hydrogen) atoms. The van der Waals surface area contributed by atoms with E-state index in [1.165, 1.54) is 0 Å². The summed E-state index contributed by atoms with van der Waals surface area (Å²) in [5.74, 6) is 0.407. The molecule has 0 saturated carbocycles. The fraction of sp³-hybridized carbons (Fsp3) is 0.214. The number of ether oxygens (including phenoxy) is 1. The summed E-state index contributed by atoms with van der Waals surface area (Å²) in [5.41, 5.74) is 7.09. The number of hydrogen-bond acceptors (Lipinski definition) is 6. The summed E-state index contributed by atoms with van der Waals surface area (Å²) in [5, 5.41) is 0.838. The van der Waals surface area contributed by atoms with E-state index >= 15 is 0 Å². The highest BCUT2D eigenvalue weighted by molar-refractivity contribution is 7.99. The van der Waals surface area contributed by atoms with Crippen LogP contribution in [0, 0.1) is 0 Å². The van der Waals surface area contributed by atoms with Gasteiger partial charge in [0.05, 0.1) is 12.1 Å². The summed E-state index contributed by atoms with van der Waals surface area (Å²) in [6, 6.07) is 5.82. The van der Waals surface area contributed by atoms with E-state index in [0.29, 0.717) is 6.73 Å². The summed E-state index contributed by atoms with van der Waals surface area (Å²) in [6.07, 6.45) is 3.54. The number of anilines is 2. The second-order valence-corrected chi connectivity index (χ2v) is 5.61. The molecule has 0 atom stereocenters. The fourth-order valence-electron chi connectivity index (χ4n) is 2.22. The van der Waals surface area contributed by atoms with Gasteiger partial charge < -0.3 is 10.5 Å². The number of methoxy groups -OCH3 is 1. The van der Waals surface area contributed by atoms with Crippen molar-refractivity contribution >= 4 is 29.2 Å². The summed E-state index contributed by atoms with van der Waals surface area (Å²) >= 11 is 1.55. The fourth-order valence-corrected chi connectivity index (χ4v) is 3.21. The number of fused-ring (bicyclic) bond motifs is 2. The minimum Gasteiger partial charge on any atom is -0.369 e. The van der Waals surface area contributed by atoms with E-state index in [0.717, 1.165) is 27.0 Å². The Balaban J connectivity index is 2.05. The van der Waals surface area contributed by atoms with Gasteiger partial charge in [-0.05, 0) is 17.7 Å². The van der Waals surface area contributed by atoms with Gasteiger partial charge in [-0.15, -0.1) is 0 Å². The second-order valence-electron chi connectivity index (χ2n) is 4.58. The molecule has 2 heterocycles. The van der Waals surface area contributed by atoms with Crippen molar-refractivity contribution in [2.75, 3.05) is 18.7 Å². The summed E-state index contributed by atoms with van der Waals surface area (Å²) in [7, 11) is 1.63. The highest BCUT2D eigenvalue weighted by Crippen LogP contribution is 2.46. The SMILES string of the molecule is COCN1c2cc(CC(N)=O)ccc2Sc2nccnc21. The average molecular weight is 302 g/mol. The smallest absolute Gasteiger partial charge is 0.221 e. The van der Waals surface area contributed by atoms with Crippen molar-refractivity contribution < 1.29 is 9.53 Å². The Labute approximate surface area is 126 Å². The predicted molar refractivity (Wildman–Crippen MR) is 79.5 cm³/mol. The van der Waals surface area contributed by atoms with Gasteiger partial charge in [-0.25, -0.2) is 9.97 Å². The lowest BCUT2D eigenvalue weighted by atomic mass is 10.1. The number of carbonyl (C=O) groups is 1. The molecule has 7 heteroatoms. The van der Waals surface area contributed by atoms with Crippen LogP contribution in [-0.2, 0) is 16.0 Å². The maximum atomic E-state index is 11.1. The second kappa shape index (κ2) is 5.71. The maximum Gasteiger partial charge on any atom is 0.221 e. The van der Waals surface area contributed by atoms with Gasteiger partial charge in [-0.3, -0.25) is 9.69 Å². The Morgan fingerprint density at radius 3 is 2.95 bits per heavy atom. The molecule has 2 aromatic rings. The zero-order chi connectivity index (χ0) is 14.8. The zero-order valence-corrected chi connectivity index (χ0v) is 12.3. The van der Waals surface area contributed by atoms with E-state index in [-0.39, 0.29) is 12.3 Å². The summed E-state index contributed by atoms with van der Waals surface area (Å²) in [4.78, 5) is 22.8. The number of nitrogens with two attached hydrogens (primary N) is 1. The van der Waals surface area contributed by atoms with Crippen LogP contribution in [0.1, 0.15) is 5.56 Å². The molecule has 0 fully saturated rings. The molecule has 6 nitrogen and oxygen atoms in total. The molecule has 0 aliphatic carbocycles. The Hall–Kier alpha value is -2.12. The van der Waals surface area contributed by atoms with Crippen LogP contribution in [0.2, 0.25) is 0 Å². The molecule has 0 saturated heterocycles. The highest BCUT2D eigenvalue weighted by Gasteiger charge is 2.25. The molecule has 0 spiro atoms. The lowest BCUT2D eigenvalue weighted by molar-refractivity contribution is -0.117. The third-order valence-corrected chi connectivity index (χ3v) is 4.11. The zero-order valence-electron chi connectivity index (χ0n) is 11.4. The molecular formula is C14H14N4O2S. The molecule has 1 aromatic carbocycles. The Morgan fingerprint density at radius 1 is 1.38 bits per heavy atom. The number of hydrogen-bond donors (Lipinski definition) is 1. The van der Waals surface area contributed by atoms with E-state index in [4.69, 9.17) is 10.5 Å². The van der Waals surface area contributed by atoms with E-state index in [2.05, 4.69) is 9.97 Å². The molecule has 2 N–H and O–H groups in total. The quantitative estimate of drug-likeness (QED) is 0.926. The Kier molecular flexibility index (Phi) is 3.76. The van der Waals surface area contributed by atoms with Crippen molar-refractivity contribution in [3.63, 3.8) is 0 Å². The third-order valence-electron chi connectivity index (χ3n) is 3.06. The van der Waals surface area contributed by atoms with E-state index in [1.54, 1.807) is 31.3 Å². The van der Waals surface area contributed by atoms with Crippen molar-refractivity contribution in [3.8, 4) is 0 Å². The first kappa shape index (κ1) is 13.8. The van der Waals surface area contributed by atoms with Gasteiger partial charge in [0.25, 0.3) is 0 Å². The van der Waals surface area contributed by atoms with Crippen LogP contribution in [0.25, 0.3) is 0 Å². The first-order valence-electron chi connectivity index (χ1n) is 6.35. The van der Waals surface area contributed by atoms with Gasteiger partial charge in [-0.2, -0.15) is 0 Å². The van der Waals surface area contributed by atoms with Crippen molar-refractivity contribution in [1.82, 2.24) is 9.97 Å². The average Bonchev–Trinajstić information content (AvgIpc) is 2.47. The van der Waals surface area contributed by atoms with Crippen LogP contribution in [0.15, 0.2) is 40.5 Å². The van der Waals surface area contributed by atoms with Crippen molar-refractivity contribution in [3.05, 3.63) is 36.2 Å². The Bertz CT molecular complexity index is 692. The number of amides is 1. The van der Waals surface area contributed by atoms with Crippen molar-refractivity contribution in [2.45, 2.75) is 16.3 Å². The van der Waals surface area contributed by atoms with Crippen LogP contribution < -0.4 is 10.6 Å². The number of benzene rings is 1. The molecule has 0 radical (unpaired) electrons. The molecule has 0 bridgehead atoms. The van der Waals surface area contributed by atoms with E-state index in [9.17, 15) is 4.79 Å². The minimum atomic E-state index is -0.350. The number of rotatable bonds is 4.